The van der Waals surface area contributed by atoms with Crippen LogP contribution in [0.25, 0.3) is 11.2 Å². The van der Waals surface area contributed by atoms with Crippen molar-refractivity contribution < 1.29 is 31.8 Å². The maximum Gasteiger partial charge on any atom is 0.265 e. The van der Waals surface area contributed by atoms with Crippen molar-refractivity contribution in [2.75, 3.05) is 10.1 Å². The van der Waals surface area contributed by atoms with Gasteiger partial charge in [0.15, 0.2) is 39.6 Å². The molecular formula is C31H34F2N6O5S2. The second-order valence-electron chi connectivity index (χ2n) is 12.5. The van der Waals surface area contributed by atoms with E-state index in [0.717, 1.165) is 24.1 Å². The summed E-state index contributed by atoms with van der Waals surface area (Å²) in [6.45, 7) is 7.44. The molecule has 1 aliphatic heterocycles. The van der Waals surface area contributed by atoms with Crippen LogP contribution < -0.4 is 4.31 Å². The lowest BCUT2D eigenvalue weighted by molar-refractivity contribution is -0.165. The molecule has 0 bridgehead atoms. The van der Waals surface area contributed by atoms with Crippen molar-refractivity contribution in [2.24, 2.45) is 0 Å². The number of nitrogens with zero attached hydrogens (tertiary/aromatic N) is 6. The Morgan fingerprint density at radius 3 is 2.52 bits per heavy atom. The molecule has 2 saturated carbocycles. The molecule has 7 rings (SSSR count). The number of aliphatic hydroxyl groups excluding tert-OH is 1. The number of ether oxygens (including phenoxy) is 2. The second kappa shape index (κ2) is 11.5. The third-order valence-corrected chi connectivity index (χ3v) is 11.5. The molecule has 244 valence electrons. The van der Waals surface area contributed by atoms with Crippen LogP contribution in [0.5, 0.6) is 0 Å². The van der Waals surface area contributed by atoms with Crippen LogP contribution in [0.4, 0.5) is 14.6 Å². The molecule has 3 aliphatic rings. The summed E-state index contributed by atoms with van der Waals surface area (Å²) in [5.74, 6) is -2.58. The summed E-state index contributed by atoms with van der Waals surface area (Å²) >= 11 is 1.37. The zero-order chi connectivity index (χ0) is 32.5. The lowest BCUT2D eigenvalue weighted by Crippen LogP contribution is -2.35. The second-order valence-corrected chi connectivity index (χ2v) is 15.4. The molecule has 4 aromatic rings. The zero-order valence-corrected chi connectivity index (χ0v) is 27.3. The van der Waals surface area contributed by atoms with Gasteiger partial charge in [-0.05, 0) is 63.4 Å². The number of sulfonamides is 1. The average molecular weight is 673 g/mol. The Kier molecular flexibility index (Phi) is 7.82. The van der Waals surface area contributed by atoms with Gasteiger partial charge in [0, 0.05) is 18.1 Å². The zero-order valence-electron chi connectivity index (χ0n) is 25.7. The average Bonchev–Trinajstić information content (AvgIpc) is 3.41. The first-order chi connectivity index (χ1) is 21.9. The van der Waals surface area contributed by atoms with Crippen LogP contribution >= 0.6 is 11.8 Å². The van der Waals surface area contributed by atoms with Crippen molar-refractivity contribution in [1.29, 1.82) is 0 Å². The van der Waals surface area contributed by atoms with Crippen molar-refractivity contribution in [3.05, 3.63) is 65.2 Å². The van der Waals surface area contributed by atoms with E-state index in [0.29, 0.717) is 28.5 Å². The summed E-state index contributed by atoms with van der Waals surface area (Å²) in [6.07, 6.45) is -0.471. The SMILES string of the molecule is CCCSc1nc(N(C2CC2c2ccc(F)c(F)c2)S(=O)(=O)c2ccc(C)cc2)c2nnn(C3CC(O)C4OC(C)(C)OC43)c2n1. The van der Waals surface area contributed by atoms with Crippen LogP contribution in [-0.2, 0) is 19.5 Å². The van der Waals surface area contributed by atoms with Crippen molar-refractivity contribution in [3.63, 3.8) is 0 Å². The molecule has 0 amide bonds. The molecule has 1 saturated heterocycles. The summed E-state index contributed by atoms with van der Waals surface area (Å²) in [6, 6.07) is 8.98. The molecule has 46 heavy (non-hydrogen) atoms. The Balaban J connectivity index is 1.38. The summed E-state index contributed by atoms with van der Waals surface area (Å²) in [7, 11) is -4.24. The molecule has 2 aromatic heterocycles. The van der Waals surface area contributed by atoms with E-state index in [9.17, 15) is 22.3 Å². The topological polar surface area (TPSA) is 133 Å². The monoisotopic (exact) mass is 672 g/mol. The molecule has 6 unspecified atom stereocenters. The number of halogens is 2. The standard InChI is InChI=1S/C31H34F2N6O5S2/c1-5-12-45-30-34-28-25(36-37-38(28)23-15-24(40)27-26(23)43-31(3,4)44-27)29(35-30)39(46(41,42)18-9-6-16(2)7-10-18)22-14-19(22)17-8-11-20(32)21(33)13-17/h6-11,13,19,22-24,26-27,40H,5,12,14-15H2,1-4H3. The van der Waals surface area contributed by atoms with Crippen molar-refractivity contribution in [1.82, 2.24) is 25.0 Å². The lowest BCUT2D eigenvalue weighted by atomic mass is 10.1. The first kappa shape index (κ1) is 31.4. The molecule has 3 heterocycles. The maximum atomic E-state index is 14.5. The van der Waals surface area contributed by atoms with E-state index in [4.69, 9.17) is 19.4 Å². The van der Waals surface area contributed by atoms with Gasteiger partial charge in [0.05, 0.1) is 23.1 Å². The van der Waals surface area contributed by atoms with Gasteiger partial charge < -0.3 is 14.6 Å². The minimum atomic E-state index is -4.24. The normalized spacial score (nSPS) is 26.8. The van der Waals surface area contributed by atoms with Gasteiger partial charge in [0.2, 0.25) is 0 Å². The maximum absolute atomic E-state index is 14.5. The Morgan fingerprint density at radius 1 is 1.07 bits per heavy atom. The predicted octanol–water partition coefficient (Wildman–Crippen LogP) is 4.89. The molecule has 0 radical (unpaired) electrons. The van der Waals surface area contributed by atoms with Crippen LogP contribution in [0.1, 0.15) is 63.1 Å². The number of aryl methyl sites for hydroxylation is 1. The smallest absolute Gasteiger partial charge is 0.265 e. The van der Waals surface area contributed by atoms with E-state index in [1.807, 2.05) is 13.8 Å². The fraction of sp³-hybridized carbons (Fsp3) is 0.484. The Hall–Kier alpha value is -3.24. The fourth-order valence-electron chi connectivity index (χ4n) is 6.41. The summed E-state index contributed by atoms with van der Waals surface area (Å²) in [5.41, 5.74) is 1.82. The van der Waals surface area contributed by atoms with E-state index >= 15 is 0 Å². The molecule has 0 spiro atoms. The highest BCUT2D eigenvalue weighted by atomic mass is 32.2. The summed E-state index contributed by atoms with van der Waals surface area (Å²) in [5, 5.41) is 20.0. The number of rotatable bonds is 9. The number of thioether (sulfide) groups is 1. The molecule has 2 aromatic carbocycles. The minimum absolute atomic E-state index is 0.0459. The number of aliphatic hydroxyl groups is 1. The largest absolute Gasteiger partial charge is 0.390 e. The van der Waals surface area contributed by atoms with E-state index in [1.54, 1.807) is 30.7 Å². The van der Waals surface area contributed by atoms with E-state index < -0.39 is 63.8 Å². The first-order valence-electron chi connectivity index (χ1n) is 15.2. The summed E-state index contributed by atoms with van der Waals surface area (Å²) in [4.78, 5) is 9.59. The highest BCUT2D eigenvalue weighted by molar-refractivity contribution is 7.99. The van der Waals surface area contributed by atoms with Gasteiger partial charge in [-0.15, -0.1) is 5.10 Å². The van der Waals surface area contributed by atoms with Gasteiger partial charge in [0.1, 0.15) is 12.2 Å². The Bertz CT molecular complexity index is 1910. The Morgan fingerprint density at radius 2 is 1.80 bits per heavy atom. The molecule has 6 atom stereocenters. The van der Waals surface area contributed by atoms with Crippen molar-refractivity contribution in [2.45, 2.75) is 99.1 Å². The first-order valence-corrected chi connectivity index (χ1v) is 17.7. The fourth-order valence-corrected chi connectivity index (χ4v) is 8.75. The molecule has 2 aliphatic carbocycles. The molecule has 15 heteroatoms. The highest BCUT2D eigenvalue weighted by Gasteiger charge is 2.55. The van der Waals surface area contributed by atoms with Gasteiger partial charge >= 0.3 is 0 Å². The van der Waals surface area contributed by atoms with Gasteiger partial charge in [0.25, 0.3) is 10.0 Å². The molecule has 11 nitrogen and oxygen atoms in total. The number of hydrogen-bond donors (Lipinski definition) is 1. The van der Waals surface area contributed by atoms with Crippen molar-refractivity contribution in [3.8, 4) is 0 Å². The molecule has 1 N–H and O–H groups in total. The van der Waals surface area contributed by atoms with Crippen LogP contribution in [0, 0.1) is 18.6 Å². The highest BCUT2D eigenvalue weighted by Crippen LogP contribution is 2.50. The van der Waals surface area contributed by atoms with Crippen LogP contribution in [0.15, 0.2) is 52.5 Å². The van der Waals surface area contributed by atoms with E-state index in [2.05, 4.69) is 10.3 Å². The number of fused-ring (bicyclic) bond motifs is 2. The van der Waals surface area contributed by atoms with Crippen LogP contribution in [0.3, 0.4) is 0 Å². The lowest BCUT2D eigenvalue weighted by Gasteiger charge is -2.25. The quantitative estimate of drug-likeness (QED) is 0.194. The van der Waals surface area contributed by atoms with Crippen LogP contribution in [-0.4, -0.2) is 74.4 Å². The van der Waals surface area contributed by atoms with E-state index in [1.165, 1.54) is 34.3 Å². The number of aromatic nitrogens is 5. The Labute approximate surface area is 269 Å². The predicted molar refractivity (Wildman–Crippen MR) is 166 cm³/mol. The van der Waals surface area contributed by atoms with Gasteiger partial charge in [-0.25, -0.2) is 36.2 Å². The van der Waals surface area contributed by atoms with Crippen LogP contribution in [0.2, 0.25) is 0 Å². The minimum Gasteiger partial charge on any atom is -0.390 e. The van der Waals surface area contributed by atoms with E-state index in [-0.39, 0.29) is 22.7 Å². The molecule has 3 fully saturated rings. The van der Waals surface area contributed by atoms with Gasteiger partial charge in [-0.2, -0.15) is 0 Å². The third-order valence-electron chi connectivity index (χ3n) is 8.66. The van der Waals surface area contributed by atoms with Gasteiger partial charge in [-0.3, -0.25) is 0 Å². The van der Waals surface area contributed by atoms with Gasteiger partial charge in [-0.1, -0.05) is 47.7 Å². The number of hydrogen-bond acceptors (Lipinski definition) is 10. The van der Waals surface area contributed by atoms with Crippen molar-refractivity contribution >= 4 is 38.8 Å². The summed E-state index contributed by atoms with van der Waals surface area (Å²) < 4.78 is 72.1. The number of anilines is 1. The third kappa shape index (κ3) is 5.45. The molecular weight excluding hydrogens is 639 g/mol. The number of benzene rings is 2.